The van der Waals surface area contributed by atoms with Crippen LogP contribution in [0.2, 0.25) is 0 Å². The molecular formula is C11H17N3OS. The normalized spacial score (nSPS) is 24.2. The quantitative estimate of drug-likeness (QED) is 0.789. The van der Waals surface area contributed by atoms with E-state index in [9.17, 15) is 0 Å². The van der Waals surface area contributed by atoms with E-state index in [0.29, 0.717) is 5.92 Å². The Labute approximate surface area is 99.6 Å². The van der Waals surface area contributed by atoms with E-state index >= 15 is 0 Å². The molecule has 2 rings (SSSR count). The van der Waals surface area contributed by atoms with Crippen LogP contribution in [0.15, 0.2) is 12.2 Å². The van der Waals surface area contributed by atoms with Crippen LogP contribution in [-0.2, 0) is 0 Å². The lowest BCUT2D eigenvalue weighted by molar-refractivity contribution is 0.250. The number of nitrogens with zero attached hydrogens (tertiary/aromatic N) is 2. The Balaban J connectivity index is 1.92. The molecule has 0 spiro atoms. The highest BCUT2D eigenvalue weighted by molar-refractivity contribution is 7.09. The minimum absolute atomic E-state index is 0.224. The minimum Gasteiger partial charge on any atom is -0.396 e. The third kappa shape index (κ3) is 2.59. The highest BCUT2D eigenvalue weighted by Crippen LogP contribution is 2.23. The zero-order chi connectivity index (χ0) is 11.5. The number of rotatable bonds is 4. The predicted octanol–water partition coefficient (Wildman–Crippen LogP) is 2.01. The van der Waals surface area contributed by atoms with Crippen molar-refractivity contribution in [3.05, 3.63) is 18.0 Å². The number of hydrogen-bond donors (Lipinski definition) is 2. The van der Waals surface area contributed by atoms with Gasteiger partial charge in [-0.05, 0) is 6.42 Å². The summed E-state index contributed by atoms with van der Waals surface area (Å²) in [6.45, 7) is 4.40. The molecule has 16 heavy (non-hydrogen) atoms. The third-order valence-electron chi connectivity index (χ3n) is 2.67. The van der Waals surface area contributed by atoms with E-state index in [2.05, 4.69) is 40.7 Å². The molecule has 4 nitrogen and oxygen atoms in total. The fraction of sp³-hybridized carbons (Fsp3) is 0.636. The predicted molar refractivity (Wildman–Crippen MR) is 65.7 cm³/mol. The van der Waals surface area contributed by atoms with Crippen LogP contribution in [-0.4, -0.2) is 27.1 Å². The van der Waals surface area contributed by atoms with Crippen molar-refractivity contribution in [1.29, 1.82) is 0 Å². The van der Waals surface area contributed by atoms with Crippen LogP contribution in [0.5, 0.6) is 0 Å². The third-order valence-corrected chi connectivity index (χ3v) is 3.33. The van der Waals surface area contributed by atoms with Gasteiger partial charge in [0.05, 0.1) is 0 Å². The SMILES string of the molecule is CC(C)c1nsc(N[C@H]2C=C[C@@H](CO)C2)n1. The Hall–Kier alpha value is -0.940. The lowest BCUT2D eigenvalue weighted by Gasteiger charge is -2.10. The number of anilines is 1. The fourth-order valence-electron chi connectivity index (χ4n) is 1.70. The molecule has 2 atom stereocenters. The molecule has 5 heteroatoms. The molecule has 0 radical (unpaired) electrons. The maximum absolute atomic E-state index is 9.02. The molecule has 0 saturated heterocycles. The fourth-order valence-corrected chi connectivity index (χ4v) is 2.47. The van der Waals surface area contributed by atoms with Crippen molar-refractivity contribution in [2.45, 2.75) is 32.2 Å². The van der Waals surface area contributed by atoms with Gasteiger partial charge in [0.15, 0.2) is 0 Å². The summed E-state index contributed by atoms with van der Waals surface area (Å²) in [5, 5.41) is 13.2. The standard InChI is InChI=1S/C11H17N3OS/c1-7(2)10-13-11(16-14-10)12-9-4-3-8(5-9)6-15/h3-4,7-9,15H,5-6H2,1-2H3,(H,12,13,14)/t8-,9+/m1/s1. The molecule has 1 heterocycles. The van der Waals surface area contributed by atoms with E-state index in [4.69, 9.17) is 5.11 Å². The summed E-state index contributed by atoms with van der Waals surface area (Å²) in [6, 6.07) is 0.283. The van der Waals surface area contributed by atoms with E-state index in [0.717, 1.165) is 17.4 Å². The van der Waals surface area contributed by atoms with Crippen molar-refractivity contribution in [2.24, 2.45) is 5.92 Å². The molecule has 2 N–H and O–H groups in total. The molecule has 0 fully saturated rings. The topological polar surface area (TPSA) is 58.0 Å². The highest BCUT2D eigenvalue weighted by atomic mass is 32.1. The largest absolute Gasteiger partial charge is 0.396 e. The van der Waals surface area contributed by atoms with E-state index in [-0.39, 0.29) is 18.6 Å². The number of aliphatic hydroxyl groups excluding tert-OH is 1. The second kappa shape index (κ2) is 4.93. The summed E-state index contributed by atoms with van der Waals surface area (Å²) in [5.74, 6) is 1.55. The zero-order valence-electron chi connectivity index (χ0n) is 9.55. The van der Waals surface area contributed by atoms with E-state index in [1.54, 1.807) is 0 Å². The number of aliphatic hydroxyl groups is 1. The number of nitrogens with one attached hydrogen (secondary N) is 1. The molecule has 0 aromatic carbocycles. The molecule has 0 aliphatic heterocycles. The van der Waals surface area contributed by atoms with Gasteiger partial charge in [0.2, 0.25) is 5.13 Å². The van der Waals surface area contributed by atoms with Gasteiger partial charge in [-0.15, -0.1) is 0 Å². The molecule has 1 aromatic heterocycles. The smallest absolute Gasteiger partial charge is 0.203 e. The first kappa shape index (κ1) is 11.5. The first-order chi connectivity index (χ1) is 7.69. The first-order valence-electron chi connectivity index (χ1n) is 5.58. The Morgan fingerprint density at radius 1 is 1.56 bits per heavy atom. The van der Waals surface area contributed by atoms with Crippen molar-refractivity contribution in [1.82, 2.24) is 9.36 Å². The van der Waals surface area contributed by atoms with E-state index in [1.165, 1.54) is 11.5 Å². The minimum atomic E-state index is 0.224. The number of hydrogen-bond acceptors (Lipinski definition) is 5. The van der Waals surface area contributed by atoms with Crippen LogP contribution in [0.1, 0.15) is 32.0 Å². The molecule has 0 bridgehead atoms. The van der Waals surface area contributed by atoms with Gasteiger partial charge in [-0.2, -0.15) is 4.37 Å². The van der Waals surface area contributed by atoms with Crippen molar-refractivity contribution in [2.75, 3.05) is 11.9 Å². The van der Waals surface area contributed by atoms with Gasteiger partial charge in [0, 0.05) is 36.0 Å². The Kier molecular flexibility index (Phi) is 3.56. The van der Waals surface area contributed by atoms with Gasteiger partial charge in [-0.3, -0.25) is 0 Å². The molecule has 0 saturated carbocycles. The lowest BCUT2D eigenvalue weighted by atomic mass is 10.1. The van der Waals surface area contributed by atoms with Crippen molar-refractivity contribution in [3.63, 3.8) is 0 Å². The Bertz CT molecular complexity index is 375. The zero-order valence-corrected chi connectivity index (χ0v) is 10.4. The van der Waals surface area contributed by atoms with Gasteiger partial charge in [-0.25, -0.2) is 4.98 Å². The Morgan fingerprint density at radius 3 is 2.94 bits per heavy atom. The van der Waals surface area contributed by atoms with Crippen molar-refractivity contribution >= 4 is 16.7 Å². The van der Waals surface area contributed by atoms with Crippen LogP contribution >= 0.6 is 11.5 Å². The molecule has 88 valence electrons. The molecule has 1 aliphatic carbocycles. The summed E-state index contributed by atoms with van der Waals surface area (Å²) in [4.78, 5) is 4.42. The lowest BCUT2D eigenvalue weighted by Crippen LogP contribution is -2.16. The second-order valence-electron chi connectivity index (χ2n) is 4.43. The maximum Gasteiger partial charge on any atom is 0.203 e. The van der Waals surface area contributed by atoms with E-state index in [1.807, 2.05) is 0 Å². The Morgan fingerprint density at radius 2 is 2.38 bits per heavy atom. The van der Waals surface area contributed by atoms with E-state index < -0.39 is 0 Å². The molecular weight excluding hydrogens is 222 g/mol. The second-order valence-corrected chi connectivity index (χ2v) is 5.18. The maximum atomic E-state index is 9.02. The average Bonchev–Trinajstić information content (AvgIpc) is 2.87. The average molecular weight is 239 g/mol. The van der Waals surface area contributed by atoms with Crippen molar-refractivity contribution in [3.8, 4) is 0 Å². The highest BCUT2D eigenvalue weighted by Gasteiger charge is 2.19. The van der Waals surface area contributed by atoms with Crippen molar-refractivity contribution < 1.29 is 5.11 Å². The molecule has 1 aliphatic rings. The summed E-state index contributed by atoms with van der Waals surface area (Å²) in [7, 11) is 0. The molecule has 1 aromatic rings. The van der Waals surface area contributed by atoms with Crippen LogP contribution in [0.4, 0.5) is 5.13 Å². The monoisotopic (exact) mass is 239 g/mol. The van der Waals surface area contributed by atoms with Gasteiger partial charge in [0.25, 0.3) is 0 Å². The van der Waals surface area contributed by atoms with Crippen LogP contribution in [0.3, 0.4) is 0 Å². The van der Waals surface area contributed by atoms with Gasteiger partial charge in [0.1, 0.15) is 5.82 Å². The van der Waals surface area contributed by atoms with Gasteiger partial charge in [-0.1, -0.05) is 26.0 Å². The van der Waals surface area contributed by atoms with Gasteiger partial charge >= 0.3 is 0 Å². The first-order valence-corrected chi connectivity index (χ1v) is 6.35. The summed E-state index contributed by atoms with van der Waals surface area (Å²) >= 11 is 1.40. The van der Waals surface area contributed by atoms with Crippen LogP contribution in [0, 0.1) is 5.92 Å². The summed E-state index contributed by atoms with van der Waals surface area (Å²) in [6.07, 6.45) is 5.09. The number of aromatic nitrogens is 2. The summed E-state index contributed by atoms with van der Waals surface area (Å²) < 4.78 is 4.29. The van der Waals surface area contributed by atoms with Crippen LogP contribution < -0.4 is 5.32 Å². The van der Waals surface area contributed by atoms with Gasteiger partial charge < -0.3 is 10.4 Å². The molecule has 0 unspecified atom stereocenters. The molecule has 0 amide bonds. The summed E-state index contributed by atoms with van der Waals surface area (Å²) in [5.41, 5.74) is 0. The van der Waals surface area contributed by atoms with Crippen LogP contribution in [0.25, 0.3) is 0 Å².